The van der Waals surface area contributed by atoms with Gasteiger partial charge in [0.2, 0.25) is 0 Å². The van der Waals surface area contributed by atoms with Crippen molar-refractivity contribution in [1.82, 2.24) is 39.0 Å². The van der Waals surface area contributed by atoms with Gasteiger partial charge in [0, 0.05) is 0 Å². The van der Waals surface area contributed by atoms with Crippen molar-refractivity contribution in [3.8, 4) is 0 Å². The second-order valence-corrected chi connectivity index (χ2v) is 15.8. The lowest BCUT2D eigenvalue weighted by molar-refractivity contribution is -0.140. The lowest BCUT2D eigenvalue weighted by atomic mass is 10.4. The zero-order valence-electron chi connectivity index (χ0n) is 25.8. The number of carbonyl (C=O) groups excluding carboxylic acids is 4. The average molecular weight is 832 g/mol. The van der Waals surface area contributed by atoms with Crippen LogP contribution in [0, 0.1) is 0 Å². The number of imidazole rings is 2. The highest BCUT2D eigenvalue weighted by Gasteiger charge is 2.46. The number of fused-ring (bicyclic) bond motifs is 2. The zero-order chi connectivity index (χ0) is 39.2. The van der Waals surface area contributed by atoms with Crippen molar-refractivity contribution in [2.75, 3.05) is 24.7 Å². The van der Waals surface area contributed by atoms with Gasteiger partial charge in [0.25, 0.3) is 0 Å². The van der Waals surface area contributed by atoms with E-state index in [2.05, 4.69) is 51.9 Å². The summed E-state index contributed by atoms with van der Waals surface area (Å²) in [5.41, 5.74) is 11.4. The number of nitrogens with two attached hydrogens (primary N) is 2. The van der Waals surface area contributed by atoms with Crippen LogP contribution >= 0.6 is 31.3 Å². The van der Waals surface area contributed by atoms with Crippen LogP contribution in [0.3, 0.4) is 0 Å². The van der Waals surface area contributed by atoms with Crippen molar-refractivity contribution < 1.29 is 88.5 Å². The number of nitrogens with zero attached hydrogens (tertiary/aromatic N) is 8. The quantitative estimate of drug-likeness (QED) is 0.0403. The number of hydrogen-bond donors (Lipinski definition) is 6. The van der Waals surface area contributed by atoms with Crippen molar-refractivity contribution in [1.29, 1.82) is 0 Å². The van der Waals surface area contributed by atoms with Crippen molar-refractivity contribution in [2.45, 2.75) is 24.7 Å². The Morgan fingerprint density at radius 2 is 0.943 bits per heavy atom. The van der Waals surface area contributed by atoms with Gasteiger partial charge in [-0.3, -0.25) is 27.8 Å². The van der Waals surface area contributed by atoms with Crippen LogP contribution in [0.4, 0.5) is 11.6 Å². The van der Waals surface area contributed by atoms with Gasteiger partial charge in [-0.15, -0.1) is 0 Å². The Hall–Kier alpha value is -4.14. The highest BCUT2D eigenvalue weighted by atomic mass is 31.3. The molecule has 0 saturated carbocycles. The van der Waals surface area contributed by atoms with E-state index < -0.39 is 69.2 Å². The Morgan fingerprint density at radius 3 is 1.28 bits per heavy atom. The van der Waals surface area contributed by atoms with Gasteiger partial charge in [0.05, 0.1) is 25.9 Å². The molecule has 4 heterocycles. The summed E-state index contributed by atoms with van der Waals surface area (Å²) in [6.45, 7) is -2.52. The third kappa shape index (κ3) is 11.0. The van der Waals surface area contributed by atoms with E-state index in [0.29, 0.717) is 0 Å². The molecule has 0 amide bonds. The molecule has 288 valence electrons. The van der Waals surface area contributed by atoms with Crippen LogP contribution in [-0.2, 0) is 68.9 Å². The lowest BCUT2D eigenvalue weighted by Gasteiger charge is -2.22. The Bertz CT molecular complexity index is 2030. The minimum atomic E-state index is -6.25. The van der Waals surface area contributed by atoms with Crippen LogP contribution in [-0.4, -0.2) is 109 Å². The van der Waals surface area contributed by atoms with Crippen LogP contribution in [0.15, 0.2) is 25.3 Å². The lowest BCUT2D eigenvalue weighted by Crippen LogP contribution is -2.27. The SMILES string of the molecule is Nc1ncnc2c1ncn2[C@@H](C=O)O[C@H](C=O)COP(=O)(O)OP(=O)(O)OP(=O)(O)OP(=O)(O)OC[C@H](C=O)O[C@H](C=O)n1cnc2c(N)ncnc21. The molecule has 0 saturated heterocycles. The number of anilines is 2. The summed E-state index contributed by atoms with van der Waals surface area (Å²) in [7, 11) is -24.2. The molecule has 0 aliphatic rings. The van der Waals surface area contributed by atoms with Crippen LogP contribution in [0.25, 0.3) is 22.3 Å². The topological polar surface area (TPSA) is 421 Å². The maximum Gasteiger partial charge on any atom is 0.490 e. The Balaban J connectivity index is 1.31. The largest absolute Gasteiger partial charge is 0.490 e. The Morgan fingerprint density at radius 1 is 0.585 bits per heavy atom. The standard InChI is InChI=1S/C20H24N10O19P4/c21-17-15-19(25-7-23-17)29(9-27-15)13(3-33)45-11(1-31)5-43-50(35,36)47-52(39,40)49-53(41,42)48-51(37,38)44-6-12(2-32)46-14(4-34)30-10-28-16-18(22)24-8-26-20(16)30/h1-4,7-14H,5-6H2,(H,35,36)(H,37,38)(H,39,40)(H,41,42)(H2,21,23,25)(H2,22,24,26)/t11-,12+,13-,14-/m1/s1. The molecule has 29 nitrogen and oxygen atoms in total. The first kappa shape index (κ1) is 41.6. The van der Waals surface area contributed by atoms with Crippen LogP contribution in [0.1, 0.15) is 12.5 Å². The molecule has 4 rings (SSSR count). The van der Waals surface area contributed by atoms with Gasteiger partial charge in [-0.05, 0) is 0 Å². The fraction of sp³-hybridized carbons (Fsp3) is 0.300. The molecule has 0 spiro atoms. The predicted octanol–water partition coefficient (Wildman–Crippen LogP) is -1.12. The van der Waals surface area contributed by atoms with Gasteiger partial charge in [-0.25, -0.2) is 48.2 Å². The number of phosphoric acid groups is 4. The molecular formula is C20H24N10O19P4. The normalized spacial score (nSPS) is 18.8. The molecule has 0 bridgehead atoms. The highest BCUT2D eigenvalue weighted by molar-refractivity contribution is 7.69. The van der Waals surface area contributed by atoms with Gasteiger partial charge in [0.15, 0.2) is 60.5 Å². The zero-order valence-corrected chi connectivity index (χ0v) is 29.4. The first-order valence-electron chi connectivity index (χ1n) is 13.6. The fourth-order valence-electron chi connectivity index (χ4n) is 3.82. The van der Waals surface area contributed by atoms with Gasteiger partial charge < -0.3 is 50.1 Å². The molecule has 0 radical (unpaired) electrons. The van der Waals surface area contributed by atoms with E-state index in [1.807, 2.05) is 0 Å². The number of phosphoric ester groups is 2. The minimum absolute atomic E-state index is 0.0201. The maximum atomic E-state index is 12.3. The molecule has 4 unspecified atom stereocenters. The van der Waals surface area contributed by atoms with E-state index >= 15 is 0 Å². The molecule has 0 fully saturated rings. The third-order valence-electron chi connectivity index (χ3n) is 5.91. The van der Waals surface area contributed by atoms with Crippen LogP contribution in [0.2, 0.25) is 0 Å². The molecule has 4 aromatic heterocycles. The van der Waals surface area contributed by atoms with E-state index in [9.17, 15) is 57.0 Å². The molecular weight excluding hydrogens is 808 g/mol. The number of carbonyl (C=O) groups is 4. The van der Waals surface area contributed by atoms with E-state index in [0.717, 1.165) is 34.4 Å². The van der Waals surface area contributed by atoms with Crippen LogP contribution < -0.4 is 11.5 Å². The summed E-state index contributed by atoms with van der Waals surface area (Å²) in [6.07, 6.45) is -2.67. The van der Waals surface area contributed by atoms with Crippen molar-refractivity contribution in [3.63, 3.8) is 0 Å². The van der Waals surface area contributed by atoms with Gasteiger partial charge in [0.1, 0.15) is 35.9 Å². The summed E-state index contributed by atoms with van der Waals surface area (Å²) in [5, 5.41) is 0. The number of aldehydes is 4. The molecule has 0 aliphatic heterocycles. The molecule has 0 aromatic carbocycles. The molecule has 0 aliphatic carbocycles. The van der Waals surface area contributed by atoms with E-state index in [1.165, 1.54) is 0 Å². The summed E-state index contributed by atoms with van der Waals surface area (Å²) in [5.74, 6) is -0.140. The van der Waals surface area contributed by atoms with E-state index in [1.54, 1.807) is 0 Å². The summed E-state index contributed by atoms with van der Waals surface area (Å²) in [6, 6.07) is 0. The first-order valence-corrected chi connectivity index (χ1v) is 19.5. The minimum Gasteiger partial charge on any atom is -0.382 e. The van der Waals surface area contributed by atoms with Crippen molar-refractivity contribution in [3.05, 3.63) is 25.3 Å². The Labute approximate surface area is 292 Å². The fourth-order valence-corrected chi connectivity index (χ4v) is 8.77. The summed E-state index contributed by atoms with van der Waals surface area (Å²) < 4.78 is 81.6. The van der Waals surface area contributed by atoms with E-state index in [4.69, 9.17) is 20.9 Å². The number of hydrogen-bond acceptors (Lipinski definition) is 23. The molecule has 33 heteroatoms. The van der Waals surface area contributed by atoms with Crippen molar-refractivity contribution >= 4 is 90.4 Å². The summed E-state index contributed by atoms with van der Waals surface area (Å²) in [4.78, 5) is 109. The molecule has 4 aromatic rings. The first-order chi connectivity index (χ1) is 24.8. The second-order valence-electron chi connectivity index (χ2n) is 9.55. The second kappa shape index (κ2) is 16.9. The van der Waals surface area contributed by atoms with Gasteiger partial charge >= 0.3 is 31.3 Å². The monoisotopic (exact) mass is 832 g/mol. The van der Waals surface area contributed by atoms with E-state index in [-0.39, 0.29) is 59.1 Å². The molecule has 8 N–H and O–H groups in total. The Kier molecular flexibility index (Phi) is 13.3. The number of nitrogen functional groups attached to an aromatic ring is 2. The smallest absolute Gasteiger partial charge is 0.382 e. The third-order valence-corrected chi connectivity index (χ3v) is 11.8. The average Bonchev–Trinajstić information content (AvgIpc) is 3.70. The predicted molar refractivity (Wildman–Crippen MR) is 166 cm³/mol. The van der Waals surface area contributed by atoms with Gasteiger partial charge in [-0.2, -0.15) is 12.9 Å². The summed E-state index contributed by atoms with van der Waals surface area (Å²) >= 11 is 0. The van der Waals surface area contributed by atoms with Gasteiger partial charge in [-0.1, -0.05) is 0 Å². The molecule has 53 heavy (non-hydrogen) atoms. The maximum absolute atomic E-state index is 12.3. The van der Waals surface area contributed by atoms with Crippen molar-refractivity contribution in [2.24, 2.45) is 0 Å². The van der Waals surface area contributed by atoms with Crippen LogP contribution in [0.5, 0.6) is 0 Å². The number of aromatic nitrogens is 8. The highest BCUT2D eigenvalue weighted by Crippen LogP contribution is 2.71. The number of ether oxygens (including phenoxy) is 2. The molecule has 8 atom stereocenters. The number of rotatable bonds is 22.